The lowest BCUT2D eigenvalue weighted by Gasteiger charge is -2.15. The molecule has 0 radical (unpaired) electrons. The largest absolute Gasteiger partial charge is 0.417 e. The predicted molar refractivity (Wildman–Crippen MR) is 59.1 cm³/mol. The second-order valence-corrected chi connectivity index (χ2v) is 4.22. The van der Waals surface area contributed by atoms with Crippen molar-refractivity contribution in [2.24, 2.45) is 0 Å². The minimum atomic E-state index is -4.83. The van der Waals surface area contributed by atoms with E-state index in [-0.39, 0.29) is 11.8 Å². The number of rotatable bonds is 4. The van der Waals surface area contributed by atoms with E-state index in [4.69, 9.17) is 0 Å². The molecule has 0 heterocycles. The molecule has 1 rings (SSSR count). The van der Waals surface area contributed by atoms with Crippen LogP contribution < -0.4 is 0 Å². The molecule has 100 valence electrons. The highest BCUT2D eigenvalue weighted by atomic mass is 79.9. The number of Topliss-reactive ketones (excluding diaryl/α,β-unsaturated/α-hetero) is 1. The highest BCUT2D eigenvalue weighted by Crippen LogP contribution is 2.36. The Kier molecular flexibility index (Phi) is 4.84. The van der Waals surface area contributed by atoms with Gasteiger partial charge in [0.2, 0.25) is 0 Å². The Bertz CT molecular complexity index is 442. The van der Waals surface area contributed by atoms with E-state index in [9.17, 15) is 26.7 Å². The third-order valence-electron chi connectivity index (χ3n) is 2.24. The van der Waals surface area contributed by atoms with Crippen molar-refractivity contribution in [3.63, 3.8) is 0 Å². The van der Waals surface area contributed by atoms with Gasteiger partial charge in [0.05, 0.1) is 5.56 Å². The molecule has 0 atom stereocenters. The lowest BCUT2D eigenvalue weighted by Crippen LogP contribution is -2.16. The maximum atomic E-state index is 12.7. The molecule has 0 N–H and O–H groups in total. The Morgan fingerprint density at radius 3 is 2.33 bits per heavy atom. The van der Waals surface area contributed by atoms with Crippen LogP contribution in [0.25, 0.3) is 0 Å². The number of ketones is 1. The van der Waals surface area contributed by atoms with Crippen molar-refractivity contribution in [3.8, 4) is 0 Å². The lowest BCUT2D eigenvalue weighted by molar-refractivity contribution is -0.138. The molecule has 0 spiro atoms. The Morgan fingerprint density at radius 2 is 1.89 bits per heavy atom. The number of benzene rings is 1. The van der Waals surface area contributed by atoms with Gasteiger partial charge in [0.15, 0.2) is 5.78 Å². The normalized spacial score (nSPS) is 11.9. The summed E-state index contributed by atoms with van der Waals surface area (Å²) in [5.41, 5.74) is -3.12. The van der Waals surface area contributed by atoms with Gasteiger partial charge in [0.25, 0.3) is 6.43 Å². The predicted octanol–water partition coefficient (Wildman–Crippen LogP) is 4.61. The summed E-state index contributed by atoms with van der Waals surface area (Å²) in [6.45, 7) is 0. The summed E-state index contributed by atoms with van der Waals surface area (Å²) >= 11 is 2.89. The van der Waals surface area contributed by atoms with Crippen LogP contribution in [0.4, 0.5) is 22.0 Å². The standard InChI is InChI=1S/C11H8BrF5O/c12-5-4-8(18)9-6(10(13)14)2-1-3-7(9)11(15,16)17/h1-3,10H,4-5H2. The summed E-state index contributed by atoms with van der Waals surface area (Å²) in [6.07, 6.45) is -8.23. The smallest absolute Gasteiger partial charge is 0.294 e. The zero-order valence-corrected chi connectivity index (χ0v) is 10.5. The molecular weight excluding hydrogens is 323 g/mol. The van der Waals surface area contributed by atoms with Crippen molar-refractivity contribution >= 4 is 21.7 Å². The molecule has 0 aliphatic rings. The first-order valence-corrected chi connectivity index (χ1v) is 5.98. The van der Waals surface area contributed by atoms with Gasteiger partial charge in [0, 0.05) is 22.9 Å². The Morgan fingerprint density at radius 1 is 1.28 bits per heavy atom. The van der Waals surface area contributed by atoms with E-state index in [0.717, 1.165) is 12.1 Å². The molecule has 0 unspecified atom stereocenters. The Labute approximate surface area is 108 Å². The number of carbonyl (C=O) groups is 1. The minimum Gasteiger partial charge on any atom is -0.294 e. The molecule has 0 aliphatic carbocycles. The maximum Gasteiger partial charge on any atom is 0.417 e. The van der Waals surface area contributed by atoms with Gasteiger partial charge in [-0.25, -0.2) is 8.78 Å². The maximum absolute atomic E-state index is 12.7. The summed E-state index contributed by atoms with van der Waals surface area (Å²) in [5, 5.41) is 0.112. The molecule has 0 bridgehead atoms. The van der Waals surface area contributed by atoms with Gasteiger partial charge in [-0.2, -0.15) is 13.2 Å². The van der Waals surface area contributed by atoms with Gasteiger partial charge < -0.3 is 0 Å². The quantitative estimate of drug-likeness (QED) is 0.447. The molecular formula is C11H8BrF5O. The average Bonchev–Trinajstić information content (AvgIpc) is 2.27. The van der Waals surface area contributed by atoms with E-state index >= 15 is 0 Å². The third-order valence-corrected chi connectivity index (χ3v) is 2.63. The van der Waals surface area contributed by atoms with Crippen LogP contribution in [0.15, 0.2) is 18.2 Å². The van der Waals surface area contributed by atoms with Crippen molar-refractivity contribution in [1.82, 2.24) is 0 Å². The fourth-order valence-corrected chi connectivity index (χ4v) is 1.87. The summed E-state index contributed by atoms with van der Waals surface area (Å²) in [5.74, 6) is -0.949. The van der Waals surface area contributed by atoms with Crippen LogP contribution in [-0.4, -0.2) is 11.1 Å². The molecule has 0 saturated carbocycles. The molecule has 1 aromatic rings. The van der Waals surface area contributed by atoms with Crippen LogP contribution >= 0.6 is 15.9 Å². The van der Waals surface area contributed by atoms with Gasteiger partial charge in [-0.1, -0.05) is 28.1 Å². The first-order valence-electron chi connectivity index (χ1n) is 4.86. The Hall–Kier alpha value is -0.980. The van der Waals surface area contributed by atoms with Crippen molar-refractivity contribution in [2.75, 3.05) is 5.33 Å². The van der Waals surface area contributed by atoms with E-state index < -0.39 is 35.1 Å². The second kappa shape index (κ2) is 5.77. The number of hydrogen-bond acceptors (Lipinski definition) is 1. The number of hydrogen-bond donors (Lipinski definition) is 0. The fourth-order valence-electron chi connectivity index (χ4n) is 1.51. The van der Waals surface area contributed by atoms with Gasteiger partial charge in [-0.3, -0.25) is 4.79 Å². The summed E-state index contributed by atoms with van der Waals surface area (Å²) in [7, 11) is 0. The van der Waals surface area contributed by atoms with Gasteiger partial charge >= 0.3 is 6.18 Å². The fraction of sp³-hybridized carbons (Fsp3) is 0.364. The summed E-state index contributed by atoms with van der Waals surface area (Å²) < 4.78 is 63.4. The SMILES string of the molecule is O=C(CCBr)c1c(C(F)F)cccc1C(F)(F)F. The zero-order valence-electron chi connectivity index (χ0n) is 8.90. The van der Waals surface area contributed by atoms with Crippen LogP contribution in [0, 0.1) is 0 Å². The molecule has 18 heavy (non-hydrogen) atoms. The second-order valence-electron chi connectivity index (χ2n) is 3.43. The van der Waals surface area contributed by atoms with Crippen LogP contribution in [0.1, 0.15) is 34.3 Å². The van der Waals surface area contributed by atoms with Crippen LogP contribution in [-0.2, 0) is 6.18 Å². The number of alkyl halides is 6. The summed E-state index contributed by atoms with van der Waals surface area (Å²) in [6, 6.07) is 2.34. The molecule has 0 amide bonds. The van der Waals surface area contributed by atoms with Crippen LogP contribution in [0.5, 0.6) is 0 Å². The first kappa shape index (κ1) is 15.1. The van der Waals surface area contributed by atoms with Crippen molar-refractivity contribution in [3.05, 3.63) is 34.9 Å². The molecule has 0 saturated heterocycles. The van der Waals surface area contributed by atoms with Crippen LogP contribution in [0.2, 0.25) is 0 Å². The number of halogens is 6. The third kappa shape index (κ3) is 3.28. The highest BCUT2D eigenvalue weighted by molar-refractivity contribution is 9.09. The molecule has 1 aromatic carbocycles. The van der Waals surface area contributed by atoms with E-state index in [0.29, 0.717) is 6.07 Å². The van der Waals surface area contributed by atoms with Crippen LogP contribution in [0.3, 0.4) is 0 Å². The van der Waals surface area contributed by atoms with Crippen molar-refractivity contribution in [2.45, 2.75) is 19.0 Å². The topological polar surface area (TPSA) is 17.1 Å². The minimum absolute atomic E-state index is 0.112. The van der Waals surface area contributed by atoms with Crippen molar-refractivity contribution < 1.29 is 26.7 Å². The first-order chi connectivity index (χ1) is 8.29. The van der Waals surface area contributed by atoms with Crippen molar-refractivity contribution in [1.29, 1.82) is 0 Å². The molecule has 0 aliphatic heterocycles. The Balaban J connectivity index is 3.44. The average molecular weight is 331 g/mol. The molecule has 0 aromatic heterocycles. The van der Waals surface area contributed by atoms with E-state index in [1.807, 2.05) is 0 Å². The lowest BCUT2D eigenvalue weighted by atomic mass is 9.96. The van der Waals surface area contributed by atoms with E-state index in [1.165, 1.54) is 0 Å². The summed E-state index contributed by atoms with van der Waals surface area (Å²) in [4.78, 5) is 11.6. The zero-order chi connectivity index (χ0) is 13.9. The van der Waals surface area contributed by atoms with Gasteiger partial charge in [-0.05, 0) is 6.07 Å². The van der Waals surface area contributed by atoms with Gasteiger partial charge in [-0.15, -0.1) is 0 Å². The number of carbonyl (C=O) groups excluding carboxylic acids is 1. The van der Waals surface area contributed by atoms with Gasteiger partial charge in [0.1, 0.15) is 0 Å². The molecule has 7 heteroatoms. The monoisotopic (exact) mass is 330 g/mol. The highest BCUT2D eigenvalue weighted by Gasteiger charge is 2.37. The van der Waals surface area contributed by atoms with E-state index in [2.05, 4.69) is 15.9 Å². The molecule has 0 fully saturated rings. The molecule has 1 nitrogen and oxygen atoms in total. The van der Waals surface area contributed by atoms with E-state index in [1.54, 1.807) is 0 Å².